The summed E-state index contributed by atoms with van der Waals surface area (Å²) in [7, 11) is 0. The molecule has 0 bridgehead atoms. The molecule has 1 N–H and O–H groups in total. The molecular weight excluding hydrogens is 330 g/mol. The fraction of sp³-hybridized carbons (Fsp3) is 0.143. The average molecular weight is 348 g/mol. The fourth-order valence-electron chi connectivity index (χ4n) is 2.92. The molecule has 0 atom stereocenters. The zero-order valence-electron chi connectivity index (χ0n) is 14.4. The lowest BCUT2D eigenvalue weighted by Gasteiger charge is -2.13. The smallest absolute Gasteiger partial charge is 0.148 e. The Labute approximate surface area is 152 Å². The molecular formula is C21H18ClN3. The lowest BCUT2D eigenvalue weighted by molar-refractivity contribution is 1.19. The third kappa shape index (κ3) is 3.81. The van der Waals surface area contributed by atoms with E-state index in [1.165, 1.54) is 0 Å². The van der Waals surface area contributed by atoms with E-state index < -0.39 is 0 Å². The fourth-order valence-corrected chi connectivity index (χ4v) is 3.11. The number of anilines is 2. The van der Waals surface area contributed by atoms with Crippen molar-refractivity contribution in [3.8, 4) is 17.2 Å². The SMILES string of the molecule is Cc1cc(C)cc(Nc2nc(C)c(-c3cccc(Cl)c3)cc2C#N)c1. The van der Waals surface area contributed by atoms with Gasteiger partial charge in [-0.15, -0.1) is 0 Å². The van der Waals surface area contributed by atoms with Crippen molar-refractivity contribution in [2.75, 3.05) is 5.32 Å². The Morgan fingerprint density at radius 1 is 1.00 bits per heavy atom. The molecule has 25 heavy (non-hydrogen) atoms. The topological polar surface area (TPSA) is 48.7 Å². The first-order valence-electron chi connectivity index (χ1n) is 7.99. The van der Waals surface area contributed by atoms with Gasteiger partial charge in [-0.25, -0.2) is 4.98 Å². The van der Waals surface area contributed by atoms with Crippen molar-refractivity contribution in [3.05, 3.63) is 75.9 Å². The van der Waals surface area contributed by atoms with Gasteiger partial charge in [0, 0.05) is 22.0 Å². The average Bonchev–Trinajstić information content (AvgIpc) is 2.54. The van der Waals surface area contributed by atoms with Crippen molar-refractivity contribution >= 4 is 23.1 Å². The highest BCUT2D eigenvalue weighted by Gasteiger charge is 2.12. The molecule has 0 aliphatic heterocycles. The molecule has 0 saturated heterocycles. The minimum absolute atomic E-state index is 0.500. The van der Waals surface area contributed by atoms with Crippen LogP contribution in [0, 0.1) is 32.1 Å². The monoisotopic (exact) mass is 347 g/mol. The number of nitrogens with zero attached hydrogens (tertiary/aromatic N) is 2. The third-order valence-corrected chi connectivity index (χ3v) is 4.19. The highest BCUT2D eigenvalue weighted by Crippen LogP contribution is 2.29. The summed E-state index contributed by atoms with van der Waals surface area (Å²) in [4.78, 5) is 4.63. The lowest BCUT2D eigenvalue weighted by Crippen LogP contribution is -2.01. The van der Waals surface area contributed by atoms with Crippen molar-refractivity contribution in [2.24, 2.45) is 0 Å². The minimum Gasteiger partial charge on any atom is -0.339 e. The molecule has 0 aliphatic carbocycles. The Morgan fingerprint density at radius 3 is 2.36 bits per heavy atom. The molecule has 0 aliphatic rings. The van der Waals surface area contributed by atoms with Gasteiger partial charge in [0.15, 0.2) is 0 Å². The molecule has 0 amide bonds. The number of hydrogen-bond donors (Lipinski definition) is 1. The Bertz CT molecular complexity index is 967. The van der Waals surface area contributed by atoms with E-state index in [4.69, 9.17) is 11.6 Å². The van der Waals surface area contributed by atoms with E-state index in [2.05, 4.69) is 22.4 Å². The standard InChI is InChI=1S/C21H18ClN3/c1-13-7-14(2)9-19(8-13)25-21-17(12-23)11-20(15(3)24-21)16-5-4-6-18(22)10-16/h4-11H,1-3H3,(H,24,25). The van der Waals surface area contributed by atoms with Crippen LogP contribution in [0.1, 0.15) is 22.4 Å². The highest BCUT2D eigenvalue weighted by atomic mass is 35.5. The van der Waals surface area contributed by atoms with Gasteiger partial charge in [-0.1, -0.05) is 29.8 Å². The first-order chi connectivity index (χ1) is 12.0. The molecule has 0 spiro atoms. The first kappa shape index (κ1) is 17.0. The molecule has 0 radical (unpaired) electrons. The van der Waals surface area contributed by atoms with Gasteiger partial charge in [0.2, 0.25) is 0 Å². The zero-order valence-corrected chi connectivity index (χ0v) is 15.1. The molecule has 3 nitrogen and oxygen atoms in total. The molecule has 0 fully saturated rings. The van der Waals surface area contributed by atoms with Gasteiger partial charge in [0.25, 0.3) is 0 Å². The van der Waals surface area contributed by atoms with E-state index in [-0.39, 0.29) is 0 Å². The second-order valence-electron chi connectivity index (χ2n) is 6.14. The van der Waals surface area contributed by atoms with Crippen molar-refractivity contribution in [1.82, 2.24) is 4.98 Å². The van der Waals surface area contributed by atoms with E-state index in [0.29, 0.717) is 16.4 Å². The van der Waals surface area contributed by atoms with Crippen LogP contribution in [0.5, 0.6) is 0 Å². The number of pyridine rings is 1. The molecule has 2 aromatic carbocycles. The predicted molar refractivity (Wildman–Crippen MR) is 103 cm³/mol. The second-order valence-corrected chi connectivity index (χ2v) is 6.58. The summed E-state index contributed by atoms with van der Waals surface area (Å²) in [6, 6.07) is 17.9. The zero-order chi connectivity index (χ0) is 18.0. The maximum absolute atomic E-state index is 9.57. The van der Waals surface area contributed by atoms with Crippen LogP contribution >= 0.6 is 11.6 Å². The predicted octanol–water partition coefficient (Wildman–Crippen LogP) is 5.94. The van der Waals surface area contributed by atoms with Gasteiger partial charge in [-0.2, -0.15) is 5.26 Å². The lowest BCUT2D eigenvalue weighted by atomic mass is 10.0. The van der Waals surface area contributed by atoms with Crippen LogP contribution in [0.3, 0.4) is 0 Å². The maximum Gasteiger partial charge on any atom is 0.148 e. The van der Waals surface area contributed by atoms with E-state index in [1.807, 2.05) is 63.2 Å². The summed E-state index contributed by atoms with van der Waals surface area (Å²) in [5, 5.41) is 13.5. The van der Waals surface area contributed by atoms with Crippen LogP contribution in [-0.4, -0.2) is 4.98 Å². The number of aromatic nitrogens is 1. The van der Waals surface area contributed by atoms with E-state index in [0.717, 1.165) is 33.6 Å². The Hall–Kier alpha value is -2.83. The molecule has 1 aromatic heterocycles. The van der Waals surface area contributed by atoms with Crippen molar-refractivity contribution in [1.29, 1.82) is 5.26 Å². The summed E-state index contributed by atoms with van der Waals surface area (Å²) in [6.07, 6.45) is 0. The Balaban J connectivity index is 2.04. The van der Waals surface area contributed by atoms with Crippen LogP contribution in [0.4, 0.5) is 11.5 Å². The minimum atomic E-state index is 0.500. The number of nitriles is 1. The van der Waals surface area contributed by atoms with Crippen LogP contribution in [-0.2, 0) is 0 Å². The molecule has 124 valence electrons. The first-order valence-corrected chi connectivity index (χ1v) is 8.37. The van der Waals surface area contributed by atoms with Gasteiger partial charge >= 0.3 is 0 Å². The molecule has 3 aromatic rings. The number of hydrogen-bond acceptors (Lipinski definition) is 3. The van der Waals surface area contributed by atoms with Gasteiger partial charge in [-0.05, 0) is 67.8 Å². The van der Waals surface area contributed by atoms with Gasteiger partial charge < -0.3 is 5.32 Å². The van der Waals surface area contributed by atoms with Crippen LogP contribution < -0.4 is 5.32 Å². The van der Waals surface area contributed by atoms with Crippen molar-refractivity contribution in [3.63, 3.8) is 0 Å². The van der Waals surface area contributed by atoms with Crippen molar-refractivity contribution in [2.45, 2.75) is 20.8 Å². The highest BCUT2D eigenvalue weighted by molar-refractivity contribution is 6.30. The second kappa shape index (κ2) is 6.96. The largest absolute Gasteiger partial charge is 0.339 e. The van der Waals surface area contributed by atoms with Crippen molar-refractivity contribution < 1.29 is 0 Å². The number of rotatable bonds is 3. The number of nitrogens with one attached hydrogen (secondary N) is 1. The molecule has 0 unspecified atom stereocenters. The van der Waals surface area contributed by atoms with Gasteiger partial charge in [-0.3, -0.25) is 0 Å². The summed E-state index contributed by atoms with van der Waals surface area (Å²) >= 11 is 6.09. The number of halogens is 1. The van der Waals surface area contributed by atoms with Crippen LogP contribution in [0.15, 0.2) is 48.5 Å². The summed E-state index contributed by atoms with van der Waals surface area (Å²) < 4.78 is 0. The van der Waals surface area contributed by atoms with E-state index >= 15 is 0 Å². The molecule has 0 saturated carbocycles. The quantitative estimate of drug-likeness (QED) is 0.637. The van der Waals surface area contributed by atoms with Crippen LogP contribution in [0.2, 0.25) is 5.02 Å². The Kier molecular flexibility index (Phi) is 4.74. The molecule has 4 heteroatoms. The number of benzene rings is 2. The molecule has 3 rings (SSSR count). The summed E-state index contributed by atoms with van der Waals surface area (Å²) in [6.45, 7) is 6.03. The van der Waals surface area contributed by atoms with Crippen LogP contribution in [0.25, 0.3) is 11.1 Å². The van der Waals surface area contributed by atoms with Gasteiger partial charge in [0.05, 0.1) is 5.56 Å². The Morgan fingerprint density at radius 2 is 1.72 bits per heavy atom. The summed E-state index contributed by atoms with van der Waals surface area (Å²) in [5.74, 6) is 0.566. The van der Waals surface area contributed by atoms with Gasteiger partial charge in [0.1, 0.15) is 11.9 Å². The number of aryl methyl sites for hydroxylation is 3. The van der Waals surface area contributed by atoms with E-state index in [1.54, 1.807) is 0 Å². The third-order valence-electron chi connectivity index (χ3n) is 3.95. The summed E-state index contributed by atoms with van der Waals surface area (Å²) in [5.41, 5.74) is 6.45. The molecule has 1 heterocycles. The van der Waals surface area contributed by atoms with E-state index in [9.17, 15) is 5.26 Å². The maximum atomic E-state index is 9.57. The normalized spacial score (nSPS) is 10.4.